The molecular formula is C36H40F3N5O2. The molecule has 0 N–H and O–H groups in total. The maximum Gasteiger partial charge on any atom is 0.416 e. The van der Waals surface area contributed by atoms with Crippen molar-refractivity contribution in [2.75, 3.05) is 19.6 Å². The fourth-order valence-electron chi connectivity index (χ4n) is 5.96. The quantitative estimate of drug-likeness (QED) is 0.198. The molecule has 1 aliphatic rings. The van der Waals surface area contributed by atoms with Crippen molar-refractivity contribution < 1.29 is 18.0 Å². The van der Waals surface area contributed by atoms with Gasteiger partial charge in [-0.1, -0.05) is 80.6 Å². The van der Waals surface area contributed by atoms with Gasteiger partial charge in [0.1, 0.15) is 18.1 Å². The van der Waals surface area contributed by atoms with E-state index in [1.54, 1.807) is 4.68 Å². The van der Waals surface area contributed by atoms with Gasteiger partial charge in [-0.15, -0.1) is 0 Å². The molecule has 1 aromatic heterocycles. The van der Waals surface area contributed by atoms with Crippen molar-refractivity contribution in [3.8, 4) is 11.1 Å². The highest BCUT2D eigenvalue weighted by atomic mass is 19.4. The van der Waals surface area contributed by atoms with E-state index in [0.29, 0.717) is 42.9 Å². The Labute approximate surface area is 267 Å². The minimum absolute atomic E-state index is 0.0258. The van der Waals surface area contributed by atoms with E-state index in [-0.39, 0.29) is 24.1 Å². The molecule has 1 aliphatic heterocycles. The molecule has 0 bridgehead atoms. The van der Waals surface area contributed by atoms with Gasteiger partial charge < -0.3 is 9.80 Å². The first-order chi connectivity index (χ1) is 22.1. The van der Waals surface area contributed by atoms with E-state index in [2.05, 4.69) is 21.9 Å². The van der Waals surface area contributed by atoms with Gasteiger partial charge >= 0.3 is 6.18 Å². The normalized spacial score (nSPS) is 14.4. The van der Waals surface area contributed by atoms with E-state index in [0.717, 1.165) is 61.3 Å². The molecule has 3 aromatic carbocycles. The van der Waals surface area contributed by atoms with Gasteiger partial charge in [0.05, 0.1) is 5.56 Å². The van der Waals surface area contributed by atoms with Crippen LogP contribution in [0.3, 0.4) is 0 Å². The van der Waals surface area contributed by atoms with Crippen LogP contribution in [0.15, 0.2) is 83.7 Å². The first-order valence-corrected chi connectivity index (χ1v) is 15.9. The molecule has 4 aromatic rings. The second-order valence-corrected chi connectivity index (χ2v) is 11.7. The van der Waals surface area contributed by atoms with Crippen LogP contribution in [0.2, 0.25) is 0 Å². The Hall–Kier alpha value is -4.31. The molecular weight excluding hydrogens is 591 g/mol. The number of alkyl halides is 3. The highest BCUT2D eigenvalue weighted by Crippen LogP contribution is 2.31. The van der Waals surface area contributed by atoms with Crippen LogP contribution >= 0.6 is 0 Å². The van der Waals surface area contributed by atoms with Crippen LogP contribution in [0.25, 0.3) is 11.1 Å². The number of amides is 1. The molecule has 5 rings (SSSR count). The maximum atomic E-state index is 14.1. The number of aryl methyl sites for hydroxylation is 3. The van der Waals surface area contributed by atoms with Gasteiger partial charge in [0, 0.05) is 32.1 Å². The maximum absolute atomic E-state index is 14.1. The Kier molecular flexibility index (Phi) is 10.7. The van der Waals surface area contributed by atoms with E-state index >= 15 is 0 Å². The van der Waals surface area contributed by atoms with E-state index in [9.17, 15) is 22.8 Å². The summed E-state index contributed by atoms with van der Waals surface area (Å²) in [7, 11) is 0. The summed E-state index contributed by atoms with van der Waals surface area (Å²) in [5.41, 5.74) is 2.81. The highest BCUT2D eigenvalue weighted by molar-refractivity contribution is 5.76. The zero-order chi connectivity index (χ0) is 32.7. The molecule has 0 unspecified atom stereocenters. The molecule has 0 spiro atoms. The summed E-state index contributed by atoms with van der Waals surface area (Å²) in [6.45, 7) is 7.11. The molecule has 242 valence electrons. The van der Waals surface area contributed by atoms with Gasteiger partial charge in [0.25, 0.3) is 5.56 Å². The summed E-state index contributed by atoms with van der Waals surface area (Å²) in [6, 6.07) is 22.7. The number of benzene rings is 3. The lowest BCUT2D eigenvalue weighted by Gasteiger charge is -2.38. The molecule has 1 fully saturated rings. The molecule has 0 saturated carbocycles. The summed E-state index contributed by atoms with van der Waals surface area (Å²) in [6.07, 6.45) is -1.13. The van der Waals surface area contributed by atoms with Gasteiger partial charge in [-0.05, 0) is 66.6 Å². The van der Waals surface area contributed by atoms with E-state index in [1.807, 2.05) is 66.4 Å². The van der Waals surface area contributed by atoms with Crippen LogP contribution in [0.5, 0.6) is 0 Å². The lowest BCUT2D eigenvalue weighted by Crippen LogP contribution is -2.48. The number of hydrogen-bond donors (Lipinski definition) is 0. The van der Waals surface area contributed by atoms with Crippen LogP contribution in [-0.4, -0.2) is 56.1 Å². The Morgan fingerprint density at radius 1 is 0.870 bits per heavy atom. The van der Waals surface area contributed by atoms with Crippen molar-refractivity contribution in [3.05, 3.63) is 117 Å². The average molecular weight is 632 g/mol. The molecule has 46 heavy (non-hydrogen) atoms. The molecule has 1 saturated heterocycles. The Morgan fingerprint density at radius 3 is 2.09 bits per heavy atom. The summed E-state index contributed by atoms with van der Waals surface area (Å²) >= 11 is 0. The van der Waals surface area contributed by atoms with Crippen LogP contribution in [0.1, 0.15) is 54.9 Å². The summed E-state index contributed by atoms with van der Waals surface area (Å²) in [4.78, 5) is 35.4. The number of likely N-dealkylation sites (tertiary alicyclic amines) is 1. The fraction of sp³-hybridized carbons (Fsp3) is 0.389. The van der Waals surface area contributed by atoms with Gasteiger partial charge in [-0.2, -0.15) is 23.3 Å². The first-order valence-electron chi connectivity index (χ1n) is 15.9. The second kappa shape index (κ2) is 14.9. The molecule has 0 radical (unpaired) electrons. The summed E-state index contributed by atoms with van der Waals surface area (Å²) in [5.74, 6) is 0.392. The second-order valence-electron chi connectivity index (χ2n) is 11.7. The Bertz CT molecular complexity index is 1650. The predicted octanol–water partition coefficient (Wildman–Crippen LogP) is 6.18. The number of carbonyl (C=O) groups is 1. The average Bonchev–Trinajstić information content (AvgIpc) is 3.07. The largest absolute Gasteiger partial charge is 0.416 e. The zero-order valence-electron chi connectivity index (χ0n) is 26.3. The van der Waals surface area contributed by atoms with Crippen molar-refractivity contribution in [1.29, 1.82) is 0 Å². The Balaban J connectivity index is 1.37. The SMILES string of the molecule is CCc1nn(CC(=O)N(Cc2ccc(-c3ccc(C(F)(F)F)cc3)cc2)C2CCN(CC)CC2)c(CCc2ccccc2)nc1=O. The third kappa shape index (κ3) is 8.28. The number of rotatable bonds is 11. The van der Waals surface area contributed by atoms with Gasteiger partial charge in [0.15, 0.2) is 0 Å². The monoisotopic (exact) mass is 631 g/mol. The molecule has 0 atom stereocenters. The lowest BCUT2D eigenvalue weighted by molar-refractivity contribution is -0.138. The standard InChI is InChI=1S/C36H40F3N5O2/c1-3-32-35(46)40-33(19-12-26-8-6-5-7-9-26)44(41-32)25-34(45)43(31-20-22-42(4-2)23-21-31)24-27-10-13-28(14-11-27)29-15-17-30(18-16-29)36(37,38)39/h5-11,13-18,31H,3-4,12,19-25H2,1-2H3. The molecule has 2 heterocycles. The van der Waals surface area contributed by atoms with Crippen LogP contribution < -0.4 is 5.56 Å². The topological polar surface area (TPSA) is 71.3 Å². The highest BCUT2D eigenvalue weighted by Gasteiger charge is 2.30. The number of halogens is 3. The number of aromatic nitrogens is 3. The first kappa shape index (κ1) is 33.1. The molecule has 7 nitrogen and oxygen atoms in total. The van der Waals surface area contributed by atoms with E-state index in [1.165, 1.54) is 12.1 Å². The number of piperidine rings is 1. The fourth-order valence-corrected chi connectivity index (χ4v) is 5.96. The minimum atomic E-state index is -4.38. The van der Waals surface area contributed by atoms with Crippen molar-refractivity contribution in [2.24, 2.45) is 0 Å². The molecule has 10 heteroatoms. The smallest absolute Gasteiger partial charge is 0.334 e. The van der Waals surface area contributed by atoms with Crippen molar-refractivity contribution >= 4 is 5.91 Å². The van der Waals surface area contributed by atoms with Gasteiger partial charge in [-0.3, -0.25) is 9.59 Å². The van der Waals surface area contributed by atoms with Crippen LogP contribution in [-0.2, 0) is 43.3 Å². The van der Waals surface area contributed by atoms with Gasteiger partial charge in [0.2, 0.25) is 5.91 Å². The van der Waals surface area contributed by atoms with Crippen molar-refractivity contribution in [3.63, 3.8) is 0 Å². The number of hydrogen-bond acceptors (Lipinski definition) is 5. The predicted molar refractivity (Wildman–Crippen MR) is 172 cm³/mol. The summed E-state index contributed by atoms with van der Waals surface area (Å²) in [5, 5.41) is 4.58. The third-order valence-electron chi connectivity index (χ3n) is 8.73. The minimum Gasteiger partial charge on any atom is -0.334 e. The molecule has 1 amide bonds. The summed E-state index contributed by atoms with van der Waals surface area (Å²) < 4.78 is 40.7. The number of nitrogens with zero attached hydrogens (tertiary/aromatic N) is 5. The van der Waals surface area contributed by atoms with E-state index < -0.39 is 11.7 Å². The number of carbonyl (C=O) groups excluding carboxylic acids is 1. The van der Waals surface area contributed by atoms with E-state index in [4.69, 9.17) is 0 Å². The van der Waals surface area contributed by atoms with Crippen molar-refractivity contribution in [2.45, 2.75) is 71.3 Å². The van der Waals surface area contributed by atoms with Crippen molar-refractivity contribution in [1.82, 2.24) is 24.6 Å². The van der Waals surface area contributed by atoms with Crippen LogP contribution in [0, 0.1) is 0 Å². The molecule has 0 aliphatic carbocycles. The Morgan fingerprint density at radius 2 is 1.50 bits per heavy atom. The zero-order valence-corrected chi connectivity index (χ0v) is 26.3. The lowest BCUT2D eigenvalue weighted by atomic mass is 10.00. The third-order valence-corrected chi connectivity index (χ3v) is 8.73. The van der Waals surface area contributed by atoms with Crippen LogP contribution in [0.4, 0.5) is 13.2 Å². The van der Waals surface area contributed by atoms with Gasteiger partial charge in [-0.25, -0.2) is 4.68 Å².